The van der Waals surface area contributed by atoms with Crippen molar-refractivity contribution >= 4 is 11.6 Å². The Bertz CT molecular complexity index is 640. The van der Waals surface area contributed by atoms with Gasteiger partial charge in [0.25, 0.3) is 0 Å². The molecule has 4 fully saturated rings. The van der Waals surface area contributed by atoms with E-state index in [1.807, 2.05) is 13.8 Å². The molecule has 26 heavy (non-hydrogen) atoms. The molecule has 0 spiro atoms. The van der Waals surface area contributed by atoms with Gasteiger partial charge in [0, 0.05) is 23.7 Å². The lowest BCUT2D eigenvalue weighted by molar-refractivity contribution is -0.189. The third-order valence-electron chi connectivity index (χ3n) is 9.46. The summed E-state index contributed by atoms with van der Waals surface area (Å²) in [5.74, 6) is 0.323. The molecule has 4 nitrogen and oxygen atoms in total. The first kappa shape index (κ1) is 18.6. The van der Waals surface area contributed by atoms with Gasteiger partial charge in [0.1, 0.15) is 11.6 Å². The summed E-state index contributed by atoms with van der Waals surface area (Å²) in [7, 11) is 0. The lowest BCUT2D eigenvalue weighted by Gasteiger charge is -2.64. The minimum atomic E-state index is -0.559. The van der Waals surface area contributed by atoms with Crippen molar-refractivity contribution in [2.24, 2.45) is 45.8 Å². The van der Waals surface area contributed by atoms with Crippen molar-refractivity contribution in [3.63, 3.8) is 0 Å². The Hall–Kier alpha value is -0.740. The maximum absolute atomic E-state index is 13.6. The molecular weight excluding hydrogens is 328 g/mol. The van der Waals surface area contributed by atoms with Gasteiger partial charge in [0.2, 0.25) is 0 Å². The largest absolute Gasteiger partial charge is 0.396 e. The van der Waals surface area contributed by atoms with E-state index in [2.05, 4.69) is 13.8 Å². The van der Waals surface area contributed by atoms with E-state index in [1.54, 1.807) is 0 Å². The molecule has 0 heterocycles. The molecule has 4 rings (SSSR count). The van der Waals surface area contributed by atoms with Crippen molar-refractivity contribution in [3.8, 4) is 0 Å². The first-order valence-corrected chi connectivity index (χ1v) is 10.4. The Morgan fingerprint density at radius 1 is 0.962 bits per heavy atom. The van der Waals surface area contributed by atoms with E-state index in [1.165, 1.54) is 0 Å². The van der Waals surface area contributed by atoms with E-state index < -0.39 is 11.3 Å². The smallest absolute Gasteiger partial charge is 0.142 e. The van der Waals surface area contributed by atoms with E-state index >= 15 is 0 Å². The normalized spacial score (nSPS) is 53.0. The highest BCUT2D eigenvalue weighted by atomic mass is 16.3. The van der Waals surface area contributed by atoms with Crippen LogP contribution in [0.3, 0.4) is 0 Å². The fourth-order valence-electron chi connectivity index (χ4n) is 8.09. The van der Waals surface area contributed by atoms with Gasteiger partial charge in [0.05, 0.1) is 12.7 Å². The summed E-state index contributed by atoms with van der Waals surface area (Å²) < 4.78 is 0. The third-order valence-corrected chi connectivity index (χ3v) is 9.46. The van der Waals surface area contributed by atoms with Crippen LogP contribution < -0.4 is 0 Å². The van der Waals surface area contributed by atoms with Gasteiger partial charge < -0.3 is 10.2 Å². The van der Waals surface area contributed by atoms with Crippen LogP contribution in [0.2, 0.25) is 0 Å². The number of hydrogen-bond donors (Lipinski definition) is 2. The summed E-state index contributed by atoms with van der Waals surface area (Å²) in [6.45, 7) is 8.26. The van der Waals surface area contributed by atoms with Crippen LogP contribution in [0.4, 0.5) is 0 Å². The first-order chi connectivity index (χ1) is 12.1. The van der Waals surface area contributed by atoms with Crippen LogP contribution in [0.5, 0.6) is 0 Å². The average Bonchev–Trinajstić information content (AvgIpc) is 2.89. The van der Waals surface area contributed by atoms with Crippen LogP contribution in [0.15, 0.2) is 0 Å². The van der Waals surface area contributed by atoms with Crippen molar-refractivity contribution in [2.75, 3.05) is 6.61 Å². The van der Waals surface area contributed by atoms with Crippen LogP contribution in [-0.4, -0.2) is 34.5 Å². The molecule has 0 radical (unpaired) electrons. The van der Waals surface area contributed by atoms with Gasteiger partial charge in [-0.3, -0.25) is 9.59 Å². The van der Waals surface area contributed by atoms with E-state index in [9.17, 15) is 19.8 Å². The highest BCUT2D eigenvalue weighted by molar-refractivity contribution is 5.90. The Morgan fingerprint density at radius 2 is 1.62 bits per heavy atom. The molecule has 4 aliphatic carbocycles. The fraction of sp³-hybridized carbons (Fsp3) is 0.909. The molecule has 0 amide bonds. The highest BCUT2D eigenvalue weighted by Gasteiger charge is 2.68. The topological polar surface area (TPSA) is 74.6 Å². The number of fused-ring (bicyclic) bond motifs is 5. The van der Waals surface area contributed by atoms with Gasteiger partial charge in [-0.1, -0.05) is 27.7 Å². The molecule has 4 heteroatoms. The molecule has 0 aromatic heterocycles. The third kappa shape index (κ3) is 2.09. The fourth-order valence-corrected chi connectivity index (χ4v) is 8.09. The molecule has 0 aliphatic heterocycles. The molecule has 1 unspecified atom stereocenters. The lowest BCUT2D eigenvalue weighted by Crippen LogP contribution is -2.65. The first-order valence-electron chi connectivity index (χ1n) is 10.4. The summed E-state index contributed by atoms with van der Waals surface area (Å²) in [5, 5.41) is 20.8. The van der Waals surface area contributed by atoms with E-state index in [4.69, 9.17) is 0 Å². The number of ketones is 2. The van der Waals surface area contributed by atoms with E-state index in [0.717, 1.165) is 32.1 Å². The van der Waals surface area contributed by atoms with Gasteiger partial charge in [0.15, 0.2) is 0 Å². The number of carbonyl (C=O) groups excluding carboxylic acids is 2. The SMILES string of the molecule is CC1(C)C(=O)CC[C@@]2(C)C1[C@@H](CO)C(=O)[C@H]1[C@@H]3CC[C@H](O)[C@@]3(C)CC[C@@H]12. The lowest BCUT2D eigenvalue weighted by atomic mass is 9.39. The number of Topliss-reactive ketones (excluding diaryl/α,β-unsaturated/α-hetero) is 2. The molecule has 0 aromatic carbocycles. The van der Waals surface area contributed by atoms with Crippen molar-refractivity contribution in [2.45, 2.75) is 72.3 Å². The van der Waals surface area contributed by atoms with Crippen LogP contribution in [0, 0.1) is 45.8 Å². The number of aliphatic hydroxyl groups is 2. The van der Waals surface area contributed by atoms with Crippen LogP contribution >= 0.6 is 0 Å². The van der Waals surface area contributed by atoms with Crippen LogP contribution in [-0.2, 0) is 9.59 Å². The summed E-state index contributed by atoms with van der Waals surface area (Å²) >= 11 is 0. The monoisotopic (exact) mass is 362 g/mol. The summed E-state index contributed by atoms with van der Waals surface area (Å²) in [6, 6.07) is 0. The second kappa shape index (κ2) is 5.64. The maximum atomic E-state index is 13.6. The van der Waals surface area contributed by atoms with Gasteiger partial charge in [-0.15, -0.1) is 0 Å². The van der Waals surface area contributed by atoms with Crippen molar-refractivity contribution in [3.05, 3.63) is 0 Å². The zero-order chi connectivity index (χ0) is 19.1. The minimum absolute atomic E-state index is 0.0618. The number of carbonyl (C=O) groups is 2. The highest BCUT2D eigenvalue weighted by Crippen LogP contribution is 2.68. The maximum Gasteiger partial charge on any atom is 0.142 e. The average molecular weight is 363 g/mol. The Balaban J connectivity index is 1.81. The minimum Gasteiger partial charge on any atom is -0.396 e. The summed E-state index contributed by atoms with van der Waals surface area (Å²) in [4.78, 5) is 26.3. The van der Waals surface area contributed by atoms with Gasteiger partial charge in [-0.05, 0) is 60.7 Å². The Morgan fingerprint density at radius 3 is 2.27 bits per heavy atom. The molecule has 0 saturated heterocycles. The Kier molecular flexibility index (Phi) is 4.03. The predicted molar refractivity (Wildman–Crippen MR) is 98.3 cm³/mol. The molecule has 2 N–H and O–H groups in total. The Labute approximate surface area is 156 Å². The second-order valence-corrected chi connectivity index (χ2v) is 10.7. The molecule has 8 atom stereocenters. The molecule has 4 aliphatic rings. The van der Waals surface area contributed by atoms with E-state index in [0.29, 0.717) is 6.42 Å². The van der Waals surface area contributed by atoms with Crippen LogP contribution in [0.25, 0.3) is 0 Å². The molecule has 4 saturated carbocycles. The standard InChI is InChI=1S/C22H34O4/c1-20(2)15(24)8-10-22(4)14-7-9-21(3)13(5-6-16(21)25)17(14)18(26)12(11-23)19(20)22/h12-14,16-17,19,23,25H,5-11H2,1-4H3/t12-,13-,14-,16-,17-,19?,21-,22+/m0/s1. The molecule has 0 bridgehead atoms. The quantitative estimate of drug-likeness (QED) is 0.752. The molecule has 146 valence electrons. The second-order valence-electron chi connectivity index (χ2n) is 10.7. The summed E-state index contributed by atoms with van der Waals surface area (Å²) in [5.41, 5.74) is -0.810. The summed E-state index contributed by atoms with van der Waals surface area (Å²) in [6.07, 6.45) is 4.71. The number of aliphatic hydroxyl groups excluding tert-OH is 2. The van der Waals surface area contributed by atoms with Gasteiger partial charge in [-0.2, -0.15) is 0 Å². The van der Waals surface area contributed by atoms with Crippen molar-refractivity contribution in [1.29, 1.82) is 0 Å². The van der Waals surface area contributed by atoms with Gasteiger partial charge >= 0.3 is 0 Å². The van der Waals surface area contributed by atoms with Crippen molar-refractivity contribution < 1.29 is 19.8 Å². The molecule has 0 aromatic rings. The number of rotatable bonds is 1. The van der Waals surface area contributed by atoms with Gasteiger partial charge in [-0.25, -0.2) is 0 Å². The van der Waals surface area contributed by atoms with Crippen LogP contribution in [0.1, 0.15) is 66.2 Å². The zero-order valence-corrected chi connectivity index (χ0v) is 16.6. The molecular formula is C22H34O4. The number of hydrogen-bond acceptors (Lipinski definition) is 4. The zero-order valence-electron chi connectivity index (χ0n) is 16.6. The van der Waals surface area contributed by atoms with E-state index in [-0.39, 0.29) is 58.8 Å². The predicted octanol–water partition coefficient (Wildman–Crippen LogP) is 2.99. The van der Waals surface area contributed by atoms with Crippen molar-refractivity contribution in [1.82, 2.24) is 0 Å².